The molecule has 1 aliphatic rings. The van der Waals surface area contributed by atoms with Crippen LogP contribution in [0.15, 0.2) is 67.3 Å². The van der Waals surface area contributed by atoms with E-state index in [2.05, 4.69) is 10.1 Å². The van der Waals surface area contributed by atoms with Crippen molar-refractivity contribution < 1.29 is 9.59 Å². The molecule has 2 heterocycles. The van der Waals surface area contributed by atoms with Crippen LogP contribution < -0.4 is 0 Å². The van der Waals surface area contributed by atoms with Crippen LogP contribution in [0.3, 0.4) is 0 Å². The molecule has 0 radical (unpaired) electrons. The van der Waals surface area contributed by atoms with Crippen LogP contribution in [0, 0.1) is 5.92 Å². The summed E-state index contributed by atoms with van der Waals surface area (Å²) in [5, 5.41) is 4.14. The van der Waals surface area contributed by atoms with Gasteiger partial charge in [0.1, 0.15) is 12.7 Å². The van der Waals surface area contributed by atoms with E-state index >= 15 is 0 Å². The van der Waals surface area contributed by atoms with E-state index in [-0.39, 0.29) is 17.6 Å². The number of hydrogen-bond acceptors (Lipinski definition) is 4. The zero-order valence-corrected chi connectivity index (χ0v) is 14.9. The van der Waals surface area contributed by atoms with E-state index in [0.29, 0.717) is 29.9 Å². The predicted octanol–water partition coefficient (Wildman–Crippen LogP) is 3.00. The molecular weight excluding hydrogens is 340 g/mol. The number of hydrogen-bond donors (Lipinski definition) is 0. The van der Waals surface area contributed by atoms with Crippen molar-refractivity contribution in [3.63, 3.8) is 0 Å². The van der Waals surface area contributed by atoms with Crippen molar-refractivity contribution in [1.82, 2.24) is 19.7 Å². The highest BCUT2D eigenvalue weighted by Gasteiger charge is 2.30. The van der Waals surface area contributed by atoms with Crippen LogP contribution >= 0.6 is 0 Å². The zero-order chi connectivity index (χ0) is 18.6. The van der Waals surface area contributed by atoms with Gasteiger partial charge in [-0.1, -0.05) is 42.5 Å². The number of piperidine rings is 1. The molecular formula is C21H20N4O2. The zero-order valence-electron chi connectivity index (χ0n) is 14.9. The second kappa shape index (κ2) is 7.53. The number of para-hydroxylation sites is 1. The second-order valence-electron chi connectivity index (χ2n) is 6.68. The Morgan fingerprint density at radius 1 is 1.00 bits per heavy atom. The van der Waals surface area contributed by atoms with Crippen molar-refractivity contribution >= 4 is 11.7 Å². The highest BCUT2D eigenvalue weighted by Crippen LogP contribution is 2.24. The Morgan fingerprint density at radius 2 is 1.78 bits per heavy atom. The normalized spacial score (nSPS) is 16.9. The van der Waals surface area contributed by atoms with E-state index in [9.17, 15) is 9.59 Å². The van der Waals surface area contributed by atoms with Crippen molar-refractivity contribution in [2.24, 2.45) is 5.92 Å². The first kappa shape index (κ1) is 17.1. The third-order valence-electron chi connectivity index (χ3n) is 4.94. The fourth-order valence-electron chi connectivity index (χ4n) is 3.57. The van der Waals surface area contributed by atoms with Crippen molar-refractivity contribution in [2.45, 2.75) is 12.8 Å². The van der Waals surface area contributed by atoms with E-state index in [0.717, 1.165) is 12.8 Å². The molecule has 1 amide bonds. The number of Topliss-reactive ketones (excluding diaryl/α,β-unsaturated/α-hetero) is 1. The Bertz CT molecular complexity index is 938. The lowest BCUT2D eigenvalue weighted by molar-refractivity contribution is 0.0637. The summed E-state index contributed by atoms with van der Waals surface area (Å²) in [5.41, 5.74) is 1.96. The molecule has 1 aliphatic heterocycles. The molecule has 6 nitrogen and oxygen atoms in total. The van der Waals surface area contributed by atoms with Gasteiger partial charge >= 0.3 is 0 Å². The molecule has 0 aliphatic carbocycles. The molecule has 0 unspecified atom stereocenters. The quantitative estimate of drug-likeness (QED) is 0.671. The topological polar surface area (TPSA) is 68.1 Å². The molecule has 27 heavy (non-hydrogen) atoms. The lowest BCUT2D eigenvalue weighted by Crippen LogP contribution is -2.42. The smallest absolute Gasteiger partial charge is 0.256 e. The van der Waals surface area contributed by atoms with Gasteiger partial charge in [0.25, 0.3) is 5.91 Å². The van der Waals surface area contributed by atoms with Gasteiger partial charge in [-0.15, -0.1) is 0 Å². The lowest BCUT2D eigenvalue weighted by atomic mass is 9.89. The number of likely N-dealkylation sites (tertiary alicyclic amines) is 1. The fourth-order valence-corrected chi connectivity index (χ4v) is 3.57. The monoisotopic (exact) mass is 360 g/mol. The summed E-state index contributed by atoms with van der Waals surface area (Å²) in [4.78, 5) is 31.7. The van der Waals surface area contributed by atoms with Crippen LogP contribution in [0.5, 0.6) is 0 Å². The molecule has 1 aromatic heterocycles. The van der Waals surface area contributed by atoms with E-state index < -0.39 is 0 Å². The summed E-state index contributed by atoms with van der Waals surface area (Å²) in [6.07, 6.45) is 4.64. The van der Waals surface area contributed by atoms with Crippen LogP contribution in [0.2, 0.25) is 0 Å². The van der Waals surface area contributed by atoms with Gasteiger partial charge in [-0.25, -0.2) is 9.67 Å². The first-order valence-corrected chi connectivity index (χ1v) is 9.06. The van der Waals surface area contributed by atoms with Crippen molar-refractivity contribution in [1.29, 1.82) is 0 Å². The molecule has 6 heteroatoms. The van der Waals surface area contributed by atoms with Crippen LogP contribution in [0.4, 0.5) is 0 Å². The lowest BCUT2D eigenvalue weighted by Gasteiger charge is -2.32. The highest BCUT2D eigenvalue weighted by molar-refractivity contribution is 6.00. The number of amides is 1. The van der Waals surface area contributed by atoms with Crippen LogP contribution in [-0.4, -0.2) is 44.4 Å². The molecule has 0 spiro atoms. The maximum atomic E-state index is 13.2. The molecule has 2 aromatic carbocycles. The summed E-state index contributed by atoms with van der Waals surface area (Å²) in [7, 11) is 0. The van der Waals surface area contributed by atoms with E-state index in [1.165, 1.54) is 6.33 Å². The maximum absolute atomic E-state index is 13.2. The number of nitrogens with zero attached hydrogens (tertiary/aromatic N) is 4. The Kier molecular flexibility index (Phi) is 4.78. The van der Waals surface area contributed by atoms with E-state index in [1.807, 2.05) is 48.5 Å². The van der Waals surface area contributed by atoms with Gasteiger partial charge in [-0.3, -0.25) is 9.59 Å². The summed E-state index contributed by atoms with van der Waals surface area (Å²) in [5.74, 6) is -0.132. The largest absolute Gasteiger partial charge is 0.338 e. The average Bonchev–Trinajstić information content (AvgIpc) is 3.28. The molecule has 1 fully saturated rings. The van der Waals surface area contributed by atoms with Gasteiger partial charge in [-0.05, 0) is 25.0 Å². The molecule has 3 aromatic rings. The minimum Gasteiger partial charge on any atom is -0.338 e. The van der Waals surface area contributed by atoms with Crippen LogP contribution in [0.1, 0.15) is 33.6 Å². The van der Waals surface area contributed by atoms with Crippen molar-refractivity contribution in [3.05, 3.63) is 78.4 Å². The predicted molar refractivity (Wildman–Crippen MR) is 101 cm³/mol. The summed E-state index contributed by atoms with van der Waals surface area (Å²) in [6, 6.07) is 16.7. The van der Waals surface area contributed by atoms with Gasteiger partial charge in [0, 0.05) is 24.6 Å². The SMILES string of the molecule is O=C(c1ccccc1)[C@H]1CCCN(C(=O)c2ccccc2-n2cncn2)C1. The third kappa shape index (κ3) is 3.51. The van der Waals surface area contributed by atoms with Gasteiger partial charge < -0.3 is 4.90 Å². The fraction of sp³-hybridized carbons (Fsp3) is 0.238. The Balaban J connectivity index is 1.56. The van der Waals surface area contributed by atoms with Gasteiger partial charge in [0.15, 0.2) is 5.78 Å². The van der Waals surface area contributed by atoms with Gasteiger partial charge in [0.05, 0.1) is 11.3 Å². The Hall–Kier alpha value is -3.28. The molecule has 0 N–H and O–H groups in total. The first-order valence-electron chi connectivity index (χ1n) is 9.06. The number of aromatic nitrogens is 3. The third-order valence-corrected chi connectivity index (χ3v) is 4.94. The van der Waals surface area contributed by atoms with Gasteiger partial charge in [-0.2, -0.15) is 5.10 Å². The minimum atomic E-state index is -0.163. The molecule has 136 valence electrons. The van der Waals surface area contributed by atoms with Crippen molar-refractivity contribution in [2.75, 3.05) is 13.1 Å². The first-order chi connectivity index (χ1) is 13.2. The van der Waals surface area contributed by atoms with Crippen molar-refractivity contribution in [3.8, 4) is 5.69 Å². The molecule has 1 saturated heterocycles. The number of benzene rings is 2. The standard InChI is InChI=1S/C21H20N4O2/c26-20(16-7-2-1-3-8-16)17-9-6-12-24(13-17)21(27)18-10-4-5-11-19(18)25-15-22-14-23-25/h1-5,7-8,10-11,14-15,17H,6,9,12-13H2/t17-/m0/s1. The van der Waals surface area contributed by atoms with Gasteiger partial charge in [0.2, 0.25) is 0 Å². The number of ketones is 1. The molecule has 1 atom stereocenters. The van der Waals surface area contributed by atoms with E-state index in [4.69, 9.17) is 0 Å². The molecule has 0 bridgehead atoms. The summed E-state index contributed by atoms with van der Waals surface area (Å²) in [6.45, 7) is 1.10. The van der Waals surface area contributed by atoms with Crippen LogP contribution in [-0.2, 0) is 0 Å². The van der Waals surface area contributed by atoms with Crippen LogP contribution in [0.25, 0.3) is 5.69 Å². The Labute approximate surface area is 157 Å². The minimum absolute atomic E-state index is 0.0772. The number of carbonyl (C=O) groups excluding carboxylic acids is 2. The number of rotatable bonds is 4. The number of carbonyl (C=O) groups is 2. The average molecular weight is 360 g/mol. The summed E-state index contributed by atoms with van der Waals surface area (Å²) >= 11 is 0. The van der Waals surface area contributed by atoms with E-state index in [1.54, 1.807) is 22.0 Å². The molecule has 4 rings (SSSR count). The maximum Gasteiger partial charge on any atom is 0.256 e. The molecule has 0 saturated carbocycles. The summed E-state index contributed by atoms with van der Waals surface area (Å²) < 4.78 is 1.59. The Morgan fingerprint density at radius 3 is 2.56 bits per heavy atom. The highest BCUT2D eigenvalue weighted by atomic mass is 16.2. The second-order valence-corrected chi connectivity index (χ2v) is 6.68.